The van der Waals surface area contributed by atoms with Crippen LogP contribution in [0.5, 0.6) is 0 Å². The molecule has 1 aliphatic rings. The number of rotatable bonds is 2. The summed E-state index contributed by atoms with van der Waals surface area (Å²) in [5, 5.41) is 12.2. The molecule has 0 bridgehead atoms. The van der Waals surface area contributed by atoms with Crippen LogP contribution in [0.2, 0.25) is 0 Å². The summed E-state index contributed by atoms with van der Waals surface area (Å²) >= 11 is 2.24. The first-order chi connectivity index (χ1) is 8.57. The second-order valence-corrected chi connectivity index (χ2v) is 6.06. The molecule has 18 heavy (non-hydrogen) atoms. The molecular weight excluding hydrogens is 339 g/mol. The molecule has 0 spiro atoms. The molecule has 0 heterocycles. The molecule has 1 N–H and O–H groups in total. The summed E-state index contributed by atoms with van der Waals surface area (Å²) in [5.41, 5.74) is 1.03. The van der Waals surface area contributed by atoms with Crippen LogP contribution in [0.4, 0.5) is 5.69 Å². The highest BCUT2D eigenvalue weighted by atomic mass is 127. The average molecular weight is 354 g/mol. The number of hydrogen-bond acceptors (Lipinski definition) is 2. The third-order valence-electron chi connectivity index (χ3n) is 3.54. The molecule has 0 unspecified atom stereocenters. The lowest BCUT2D eigenvalue weighted by Gasteiger charge is -2.20. The van der Waals surface area contributed by atoms with Crippen molar-refractivity contribution >= 4 is 34.2 Å². The van der Waals surface area contributed by atoms with Crippen molar-refractivity contribution in [3.8, 4) is 6.07 Å². The SMILES string of the molecule is Cc1cc(I)ccc1NC(=O)C1(C#N)CCCC1. The molecule has 1 aromatic carbocycles. The van der Waals surface area contributed by atoms with Crippen LogP contribution in [0, 0.1) is 27.2 Å². The van der Waals surface area contributed by atoms with Gasteiger partial charge in [0, 0.05) is 9.26 Å². The van der Waals surface area contributed by atoms with E-state index < -0.39 is 5.41 Å². The molecule has 0 aliphatic heterocycles. The maximum absolute atomic E-state index is 12.3. The fraction of sp³-hybridized carbons (Fsp3) is 0.429. The van der Waals surface area contributed by atoms with E-state index in [-0.39, 0.29) is 5.91 Å². The van der Waals surface area contributed by atoms with E-state index in [1.807, 2.05) is 25.1 Å². The first kappa shape index (κ1) is 13.3. The standard InChI is InChI=1S/C14H15IN2O/c1-10-8-11(15)4-5-12(10)17-13(18)14(9-16)6-2-3-7-14/h4-5,8H,2-3,6-7H2,1H3,(H,17,18). The van der Waals surface area contributed by atoms with Gasteiger partial charge >= 0.3 is 0 Å². The zero-order valence-electron chi connectivity index (χ0n) is 10.3. The minimum absolute atomic E-state index is 0.146. The van der Waals surface area contributed by atoms with Crippen LogP contribution in [-0.2, 0) is 4.79 Å². The van der Waals surface area contributed by atoms with Crippen molar-refractivity contribution in [1.82, 2.24) is 0 Å². The van der Waals surface area contributed by atoms with Crippen molar-refractivity contribution in [3.63, 3.8) is 0 Å². The molecular formula is C14H15IN2O. The summed E-state index contributed by atoms with van der Waals surface area (Å²) in [4.78, 5) is 12.3. The number of nitrogens with one attached hydrogen (secondary N) is 1. The quantitative estimate of drug-likeness (QED) is 0.825. The summed E-state index contributed by atoms with van der Waals surface area (Å²) in [6, 6.07) is 8.09. The summed E-state index contributed by atoms with van der Waals surface area (Å²) in [6.45, 7) is 1.96. The highest BCUT2D eigenvalue weighted by molar-refractivity contribution is 14.1. The van der Waals surface area contributed by atoms with Crippen LogP contribution >= 0.6 is 22.6 Å². The van der Waals surface area contributed by atoms with Crippen LogP contribution in [0.3, 0.4) is 0 Å². The maximum Gasteiger partial charge on any atom is 0.244 e. The Morgan fingerprint density at radius 2 is 2.11 bits per heavy atom. The van der Waals surface area contributed by atoms with Crippen molar-refractivity contribution in [1.29, 1.82) is 5.26 Å². The number of halogens is 1. The Morgan fingerprint density at radius 3 is 2.67 bits per heavy atom. The third-order valence-corrected chi connectivity index (χ3v) is 4.21. The lowest BCUT2D eigenvalue weighted by atomic mass is 9.87. The van der Waals surface area contributed by atoms with Gasteiger partial charge in [-0.2, -0.15) is 5.26 Å². The topological polar surface area (TPSA) is 52.9 Å². The Labute approximate surface area is 121 Å². The van der Waals surface area contributed by atoms with Crippen LogP contribution in [0.15, 0.2) is 18.2 Å². The Hall–Kier alpha value is -1.09. The Balaban J connectivity index is 2.19. The van der Waals surface area contributed by atoms with E-state index in [2.05, 4.69) is 34.0 Å². The molecule has 0 saturated heterocycles. The Bertz CT molecular complexity index is 513. The normalized spacial score (nSPS) is 17.2. The molecule has 94 valence electrons. The Morgan fingerprint density at radius 1 is 1.44 bits per heavy atom. The average Bonchev–Trinajstić information content (AvgIpc) is 2.82. The maximum atomic E-state index is 12.3. The van der Waals surface area contributed by atoms with Gasteiger partial charge < -0.3 is 5.32 Å². The van der Waals surface area contributed by atoms with Gasteiger partial charge in [-0.1, -0.05) is 12.8 Å². The summed E-state index contributed by atoms with van der Waals surface area (Å²) < 4.78 is 1.14. The van der Waals surface area contributed by atoms with E-state index in [0.717, 1.165) is 27.7 Å². The molecule has 1 saturated carbocycles. The number of hydrogen-bond donors (Lipinski definition) is 1. The minimum Gasteiger partial charge on any atom is -0.324 e. The minimum atomic E-state index is -0.810. The van der Waals surface area contributed by atoms with Gasteiger partial charge in [0.2, 0.25) is 5.91 Å². The fourth-order valence-corrected chi connectivity index (χ4v) is 3.02. The number of benzene rings is 1. The summed E-state index contributed by atoms with van der Waals surface area (Å²) in [5.74, 6) is -0.146. The second-order valence-electron chi connectivity index (χ2n) is 4.81. The van der Waals surface area contributed by atoms with Crippen LogP contribution in [-0.4, -0.2) is 5.91 Å². The van der Waals surface area contributed by atoms with E-state index in [0.29, 0.717) is 12.8 Å². The number of nitriles is 1. The molecule has 0 radical (unpaired) electrons. The van der Waals surface area contributed by atoms with E-state index in [1.54, 1.807) is 0 Å². The van der Waals surface area contributed by atoms with E-state index >= 15 is 0 Å². The van der Waals surface area contributed by atoms with Crippen molar-refractivity contribution in [2.24, 2.45) is 5.41 Å². The lowest BCUT2D eigenvalue weighted by molar-refractivity contribution is -0.122. The number of amides is 1. The van der Waals surface area contributed by atoms with E-state index in [1.165, 1.54) is 0 Å². The molecule has 0 aromatic heterocycles. The van der Waals surface area contributed by atoms with Crippen molar-refractivity contribution in [2.45, 2.75) is 32.6 Å². The summed E-state index contributed by atoms with van der Waals surface area (Å²) in [6.07, 6.45) is 3.29. The zero-order valence-corrected chi connectivity index (χ0v) is 12.5. The van der Waals surface area contributed by atoms with Crippen molar-refractivity contribution < 1.29 is 4.79 Å². The first-order valence-electron chi connectivity index (χ1n) is 6.06. The largest absolute Gasteiger partial charge is 0.324 e. The molecule has 4 heteroatoms. The molecule has 1 fully saturated rings. The van der Waals surface area contributed by atoms with Crippen LogP contribution in [0.1, 0.15) is 31.2 Å². The number of anilines is 1. The lowest BCUT2D eigenvalue weighted by Crippen LogP contribution is -2.32. The molecule has 1 aromatic rings. The Kier molecular flexibility index (Phi) is 3.91. The van der Waals surface area contributed by atoms with E-state index in [4.69, 9.17) is 0 Å². The third kappa shape index (κ3) is 2.51. The fourth-order valence-electron chi connectivity index (χ4n) is 2.38. The molecule has 2 rings (SSSR count). The van der Waals surface area contributed by atoms with Gasteiger partial charge in [0.25, 0.3) is 0 Å². The van der Waals surface area contributed by atoms with Gasteiger partial charge in [-0.15, -0.1) is 0 Å². The monoisotopic (exact) mass is 354 g/mol. The van der Waals surface area contributed by atoms with Gasteiger partial charge in [0.05, 0.1) is 6.07 Å². The second kappa shape index (κ2) is 5.27. The molecule has 1 aliphatic carbocycles. The van der Waals surface area contributed by atoms with Crippen molar-refractivity contribution in [2.75, 3.05) is 5.32 Å². The number of carbonyl (C=O) groups is 1. The van der Waals surface area contributed by atoms with Gasteiger partial charge in [-0.3, -0.25) is 4.79 Å². The van der Waals surface area contributed by atoms with E-state index in [9.17, 15) is 10.1 Å². The van der Waals surface area contributed by atoms with Crippen LogP contribution in [0.25, 0.3) is 0 Å². The van der Waals surface area contributed by atoms with Crippen molar-refractivity contribution in [3.05, 3.63) is 27.3 Å². The predicted molar refractivity (Wildman–Crippen MR) is 79.0 cm³/mol. The number of nitrogens with zero attached hydrogens (tertiary/aromatic N) is 1. The molecule has 3 nitrogen and oxygen atoms in total. The number of aryl methyl sites for hydroxylation is 1. The highest BCUT2D eigenvalue weighted by Gasteiger charge is 2.41. The molecule has 0 atom stereocenters. The van der Waals surface area contributed by atoms with Crippen LogP contribution < -0.4 is 5.32 Å². The predicted octanol–water partition coefficient (Wildman–Crippen LogP) is 3.62. The smallest absolute Gasteiger partial charge is 0.244 e. The zero-order chi connectivity index (χ0) is 13.2. The molecule has 1 amide bonds. The number of carbonyl (C=O) groups excluding carboxylic acids is 1. The summed E-state index contributed by atoms with van der Waals surface area (Å²) in [7, 11) is 0. The first-order valence-corrected chi connectivity index (χ1v) is 7.14. The highest BCUT2D eigenvalue weighted by Crippen LogP contribution is 2.38. The van der Waals surface area contributed by atoms with Gasteiger partial charge in [-0.25, -0.2) is 0 Å². The van der Waals surface area contributed by atoms with Gasteiger partial charge in [-0.05, 0) is 66.1 Å². The van der Waals surface area contributed by atoms with Gasteiger partial charge in [0.1, 0.15) is 5.41 Å². The van der Waals surface area contributed by atoms with Gasteiger partial charge in [0.15, 0.2) is 0 Å².